The molecule has 0 bridgehead atoms. The van der Waals surface area contributed by atoms with Crippen molar-refractivity contribution in [1.82, 2.24) is 15.3 Å². The Morgan fingerprint density at radius 3 is 3.15 bits per heavy atom. The molecule has 1 aliphatic heterocycles. The van der Waals surface area contributed by atoms with Gasteiger partial charge in [-0.1, -0.05) is 6.07 Å². The second-order valence-electron chi connectivity index (χ2n) is 4.90. The van der Waals surface area contributed by atoms with E-state index < -0.39 is 5.91 Å². The normalized spacial score (nSPS) is 23.6. The maximum Gasteiger partial charge on any atom is 0.283 e. The van der Waals surface area contributed by atoms with Gasteiger partial charge in [0.2, 0.25) is 0 Å². The number of aliphatic hydroxyl groups excluding tert-OH is 1. The van der Waals surface area contributed by atoms with Gasteiger partial charge >= 0.3 is 0 Å². The number of hydrazine groups is 1. The number of carbonyl (C=O) groups is 1. The lowest BCUT2D eigenvalue weighted by molar-refractivity contribution is -0.0808. The summed E-state index contributed by atoms with van der Waals surface area (Å²) >= 11 is 0. The number of rotatable bonds is 4. The van der Waals surface area contributed by atoms with Gasteiger partial charge in [-0.2, -0.15) is 0 Å². The molecule has 1 amide bonds. The molecular weight excluding hydrogens is 260 g/mol. The summed E-state index contributed by atoms with van der Waals surface area (Å²) in [6, 6.07) is 5.50. The van der Waals surface area contributed by atoms with Crippen LogP contribution in [0.1, 0.15) is 23.1 Å². The topological polar surface area (TPSA) is 101 Å². The van der Waals surface area contributed by atoms with Crippen LogP contribution < -0.4 is 11.3 Å². The van der Waals surface area contributed by atoms with Gasteiger partial charge in [0.1, 0.15) is 5.69 Å². The fraction of sp³-hybridized carbons (Fsp3) is 0.538. The van der Waals surface area contributed by atoms with Gasteiger partial charge in [0.15, 0.2) is 0 Å². The standard InChI is InChI=1S/C13H20N4O3/c1-9-8-20-11(7-18)6-17(9)5-10-3-2-4-12(15-10)13(19)16-14/h2-4,9,11,18H,5-8,14H2,1H3,(H,16,19). The highest BCUT2D eigenvalue weighted by Gasteiger charge is 2.25. The Morgan fingerprint density at radius 2 is 2.45 bits per heavy atom. The number of hydrogen-bond acceptors (Lipinski definition) is 6. The maximum absolute atomic E-state index is 11.5. The van der Waals surface area contributed by atoms with Crippen molar-refractivity contribution in [3.05, 3.63) is 29.6 Å². The molecule has 1 aliphatic rings. The Balaban J connectivity index is 2.06. The molecule has 1 aromatic rings. The lowest BCUT2D eigenvalue weighted by Crippen LogP contribution is -2.49. The van der Waals surface area contributed by atoms with E-state index in [-0.39, 0.29) is 18.8 Å². The average Bonchev–Trinajstić information content (AvgIpc) is 2.49. The van der Waals surface area contributed by atoms with Gasteiger partial charge in [0.25, 0.3) is 5.91 Å². The summed E-state index contributed by atoms with van der Waals surface area (Å²) in [7, 11) is 0. The summed E-state index contributed by atoms with van der Waals surface area (Å²) in [6.07, 6.45) is -0.165. The van der Waals surface area contributed by atoms with Crippen LogP contribution >= 0.6 is 0 Å². The summed E-state index contributed by atoms with van der Waals surface area (Å²) < 4.78 is 5.49. The molecule has 1 fully saturated rings. The lowest BCUT2D eigenvalue weighted by Gasteiger charge is -2.37. The minimum atomic E-state index is -0.407. The molecule has 1 aromatic heterocycles. The van der Waals surface area contributed by atoms with E-state index >= 15 is 0 Å². The SMILES string of the molecule is CC1COC(CO)CN1Cc1cccc(C(=O)NN)n1. The number of nitrogens with one attached hydrogen (secondary N) is 1. The number of amides is 1. The van der Waals surface area contributed by atoms with E-state index in [1.807, 2.05) is 6.07 Å². The van der Waals surface area contributed by atoms with Gasteiger partial charge in [-0.3, -0.25) is 15.1 Å². The van der Waals surface area contributed by atoms with Crippen LogP contribution in [0.4, 0.5) is 0 Å². The first-order chi connectivity index (χ1) is 9.63. The molecule has 0 saturated carbocycles. The van der Waals surface area contributed by atoms with Crippen molar-refractivity contribution in [3.63, 3.8) is 0 Å². The molecule has 0 spiro atoms. The number of hydrogen-bond donors (Lipinski definition) is 3. The number of carbonyl (C=O) groups excluding carboxylic acids is 1. The number of nitrogens with two attached hydrogens (primary N) is 1. The highest BCUT2D eigenvalue weighted by Crippen LogP contribution is 2.14. The third kappa shape index (κ3) is 3.51. The van der Waals surface area contributed by atoms with E-state index in [9.17, 15) is 9.90 Å². The largest absolute Gasteiger partial charge is 0.394 e. The monoisotopic (exact) mass is 280 g/mol. The molecule has 2 atom stereocenters. The molecule has 4 N–H and O–H groups in total. The van der Waals surface area contributed by atoms with Crippen LogP contribution in [0.3, 0.4) is 0 Å². The number of morpholine rings is 1. The molecular formula is C13H20N4O3. The Kier molecular flexibility index (Phi) is 5.02. The molecule has 0 aromatic carbocycles. The highest BCUT2D eigenvalue weighted by atomic mass is 16.5. The summed E-state index contributed by atoms with van der Waals surface area (Å²) in [6.45, 7) is 3.89. The maximum atomic E-state index is 11.5. The van der Waals surface area contributed by atoms with Crippen molar-refractivity contribution >= 4 is 5.91 Å². The molecule has 0 radical (unpaired) electrons. The molecule has 7 heteroatoms. The smallest absolute Gasteiger partial charge is 0.283 e. The number of aromatic nitrogens is 1. The van der Waals surface area contributed by atoms with Crippen LogP contribution in [0, 0.1) is 0 Å². The van der Waals surface area contributed by atoms with E-state index in [2.05, 4.69) is 22.2 Å². The summed E-state index contributed by atoms with van der Waals surface area (Å²) in [5.74, 6) is 4.70. The van der Waals surface area contributed by atoms with Crippen molar-refractivity contribution in [2.75, 3.05) is 19.8 Å². The van der Waals surface area contributed by atoms with Crippen molar-refractivity contribution in [1.29, 1.82) is 0 Å². The first kappa shape index (κ1) is 14.9. The van der Waals surface area contributed by atoms with E-state index in [4.69, 9.17) is 10.6 Å². The number of pyridine rings is 1. The van der Waals surface area contributed by atoms with Crippen LogP contribution in [0.5, 0.6) is 0 Å². The molecule has 7 nitrogen and oxygen atoms in total. The molecule has 110 valence electrons. The van der Waals surface area contributed by atoms with Crippen molar-refractivity contribution < 1.29 is 14.6 Å². The second-order valence-corrected chi connectivity index (χ2v) is 4.90. The van der Waals surface area contributed by atoms with Gasteiger partial charge in [0.05, 0.1) is 25.0 Å². The van der Waals surface area contributed by atoms with E-state index in [1.54, 1.807) is 12.1 Å². The first-order valence-electron chi connectivity index (χ1n) is 6.57. The lowest BCUT2D eigenvalue weighted by atomic mass is 10.2. The Morgan fingerprint density at radius 1 is 1.65 bits per heavy atom. The zero-order valence-corrected chi connectivity index (χ0v) is 11.5. The molecule has 2 unspecified atom stereocenters. The minimum absolute atomic E-state index is 0.00622. The van der Waals surface area contributed by atoms with E-state index in [1.165, 1.54) is 0 Å². The van der Waals surface area contributed by atoms with Gasteiger partial charge in [-0.15, -0.1) is 0 Å². The van der Waals surface area contributed by atoms with Crippen molar-refractivity contribution in [2.45, 2.75) is 25.6 Å². The first-order valence-corrected chi connectivity index (χ1v) is 6.57. The Bertz CT molecular complexity index is 469. The van der Waals surface area contributed by atoms with Crippen LogP contribution in [-0.2, 0) is 11.3 Å². The molecule has 20 heavy (non-hydrogen) atoms. The van der Waals surface area contributed by atoms with Gasteiger partial charge < -0.3 is 9.84 Å². The zero-order chi connectivity index (χ0) is 14.5. The average molecular weight is 280 g/mol. The van der Waals surface area contributed by atoms with Crippen LogP contribution in [0.25, 0.3) is 0 Å². The predicted octanol–water partition coefficient (Wildman–Crippen LogP) is -0.733. The predicted molar refractivity (Wildman–Crippen MR) is 72.6 cm³/mol. The Labute approximate surface area is 117 Å². The fourth-order valence-electron chi connectivity index (χ4n) is 2.18. The second kappa shape index (κ2) is 6.76. The van der Waals surface area contributed by atoms with Crippen molar-refractivity contribution in [2.24, 2.45) is 5.84 Å². The molecule has 0 aliphatic carbocycles. The van der Waals surface area contributed by atoms with Crippen LogP contribution in [0.2, 0.25) is 0 Å². The van der Waals surface area contributed by atoms with Gasteiger partial charge in [0, 0.05) is 19.1 Å². The number of aliphatic hydroxyl groups is 1. The van der Waals surface area contributed by atoms with Crippen LogP contribution in [0.15, 0.2) is 18.2 Å². The quantitative estimate of drug-likeness (QED) is 0.382. The number of nitrogen functional groups attached to an aromatic ring is 1. The number of ether oxygens (including phenoxy) is 1. The number of nitrogens with zero attached hydrogens (tertiary/aromatic N) is 2. The zero-order valence-electron chi connectivity index (χ0n) is 11.5. The van der Waals surface area contributed by atoms with Crippen molar-refractivity contribution in [3.8, 4) is 0 Å². The third-order valence-electron chi connectivity index (χ3n) is 3.37. The van der Waals surface area contributed by atoms with E-state index in [0.29, 0.717) is 25.4 Å². The molecule has 2 rings (SSSR count). The molecule has 2 heterocycles. The summed E-state index contributed by atoms with van der Waals surface area (Å²) in [5, 5.41) is 9.18. The fourth-order valence-corrected chi connectivity index (χ4v) is 2.18. The minimum Gasteiger partial charge on any atom is -0.394 e. The van der Waals surface area contributed by atoms with Crippen LogP contribution in [-0.4, -0.2) is 52.8 Å². The summed E-state index contributed by atoms with van der Waals surface area (Å²) in [4.78, 5) is 17.9. The summed E-state index contributed by atoms with van der Waals surface area (Å²) in [5.41, 5.74) is 3.15. The molecule has 1 saturated heterocycles. The van der Waals surface area contributed by atoms with Gasteiger partial charge in [-0.05, 0) is 19.1 Å². The Hall–Kier alpha value is -1.54. The highest BCUT2D eigenvalue weighted by molar-refractivity contribution is 5.91. The van der Waals surface area contributed by atoms with Gasteiger partial charge in [-0.25, -0.2) is 10.8 Å². The van der Waals surface area contributed by atoms with E-state index in [0.717, 1.165) is 5.69 Å². The third-order valence-corrected chi connectivity index (χ3v) is 3.37.